The summed E-state index contributed by atoms with van der Waals surface area (Å²) in [5.74, 6) is -0.0529. The Kier molecular flexibility index (Phi) is 4.57. The lowest BCUT2D eigenvalue weighted by Gasteiger charge is -2.23. The summed E-state index contributed by atoms with van der Waals surface area (Å²) in [6.45, 7) is 1.00. The SMILES string of the molecule is NC(CC(=O)N1CCCOc2cc(F)ccc21)c1ccccc1. The quantitative estimate of drug-likeness (QED) is 0.947. The van der Waals surface area contributed by atoms with Crippen molar-refractivity contribution in [1.82, 2.24) is 0 Å². The fraction of sp³-hybridized carbons (Fsp3) is 0.278. The van der Waals surface area contributed by atoms with Crippen molar-refractivity contribution in [3.05, 3.63) is 59.9 Å². The molecule has 1 aliphatic rings. The van der Waals surface area contributed by atoms with E-state index in [1.54, 1.807) is 11.0 Å². The zero-order valence-electron chi connectivity index (χ0n) is 12.7. The van der Waals surface area contributed by atoms with Crippen LogP contribution in [0.4, 0.5) is 10.1 Å². The van der Waals surface area contributed by atoms with Gasteiger partial charge in [-0.3, -0.25) is 4.79 Å². The molecule has 1 atom stereocenters. The molecule has 2 aromatic carbocycles. The first-order chi connectivity index (χ1) is 11.1. The van der Waals surface area contributed by atoms with Gasteiger partial charge in [-0.25, -0.2) is 4.39 Å². The number of benzene rings is 2. The number of ether oxygens (including phenoxy) is 1. The second-order valence-corrected chi connectivity index (χ2v) is 5.58. The number of halogens is 1. The van der Waals surface area contributed by atoms with Gasteiger partial charge in [0.1, 0.15) is 11.6 Å². The van der Waals surface area contributed by atoms with Crippen molar-refractivity contribution in [1.29, 1.82) is 0 Å². The van der Waals surface area contributed by atoms with Gasteiger partial charge in [-0.2, -0.15) is 0 Å². The van der Waals surface area contributed by atoms with Crippen LogP contribution < -0.4 is 15.4 Å². The van der Waals surface area contributed by atoms with E-state index in [0.717, 1.165) is 5.56 Å². The zero-order valence-corrected chi connectivity index (χ0v) is 12.7. The largest absolute Gasteiger partial charge is 0.491 e. The Morgan fingerprint density at radius 3 is 2.83 bits per heavy atom. The number of anilines is 1. The van der Waals surface area contributed by atoms with Crippen LogP contribution in [0.3, 0.4) is 0 Å². The van der Waals surface area contributed by atoms with E-state index in [1.165, 1.54) is 12.1 Å². The van der Waals surface area contributed by atoms with Gasteiger partial charge in [0.25, 0.3) is 0 Å². The monoisotopic (exact) mass is 314 g/mol. The van der Waals surface area contributed by atoms with Crippen molar-refractivity contribution in [2.45, 2.75) is 18.9 Å². The van der Waals surface area contributed by atoms with Crippen LogP contribution >= 0.6 is 0 Å². The number of rotatable bonds is 3. The molecule has 23 heavy (non-hydrogen) atoms. The third-order valence-electron chi connectivity index (χ3n) is 3.92. The van der Waals surface area contributed by atoms with Crippen molar-refractivity contribution < 1.29 is 13.9 Å². The molecule has 1 unspecified atom stereocenters. The third-order valence-corrected chi connectivity index (χ3v) is 3.92. The third kappa shape index (κ3) is 3.51. The van der Waals surface area contributed by atoms with E-state index in [2.05, 4.69) is 0 Å². The topological polar surface area (TPSA) is 55.6 Å². The molecule has 0 aromatic heterocycles. The fourth-order valence-corrected chi connectivity index (χ4v) is 2.73. The van der Waals surface area contributed by atoms with Gasteiger partial charge in [0.05, 0.1) is 12.3 Å². The molecule has 3 rings (SSSR count). The van der Waals surface area contributed by atoms with Crippen molar-refractivity contribution in [3.63, 3.8) is 0 Å². The maximum atomic E-state index is 13.4. The molecule has 0 aliphatic carbocycles. The van der Waals surface area contributed by atoms with Crippen molar-refractivity contribution in [3.8, 4) is 5.75 Å². The Morgan fingerprint density at radius 2 is 2.04 bits per heavy atom. The average molecular weight is 314 g/mol. The van der Waals surface area contributed by atoms with Crippen LogP contribution in [0.5, 0.6) is 5.75 Å². The molecule has 0 saturated heterocycles. The molecular formula is C18H19FN2O2. The lowest BCUT2D eigenvalue weighted by molar-refractivity contribution is -0.119. The minimum atomic E-state index is -0.376. The highest BCUT2D eigenvalue weighted by molar-refractivity contribution is 5.95. The maximum Gasteiger partial charge on any atom is 0.229 e. The van der Waals surface area contributed by atoms with Crippen molar-refractivity contribution in [2.75, 3.05) is 18.1 Å². The summed E-state index contributed by atoms with van der Waals surface area (Å²) >= 11 is 0. The molecular weight excluding hydrogens is 295 g/mol. The standard InChI is InChI=1S/C18H19FN2O2/c19-14-7-8-16-17(11-14)23-10-4-9-21(16)18(22)12-15(20)13-5-2-1-3-6-13/h1-3,5-8,11,15H,4,9-10,12,20H2. The zero-order chi connectivity index (χ0) is 16.2. The van der Waals surface area contributed by atoms with E-state index in [4.69, 9.17) is 10.5 Å². The summed E-state index contributed by atoms with van der Waals surface area (Å²) in [7, 11) is 0. The van der Waals surface area contributed by atoms with E-state index in [0.29, 0.717) is 31.0 Å². The van der Waals surface area contributed by atoms with Crippen LogP contribution in [-0.2, 0) is 4.79 Å². The second-order valence-electron chi connectivity index (χ2n) is 5.58. The fourth-order valence-electron chi connectivity index (χ4n) is 2.73. The molecule has 5 heteroatoms. The molecule has 2 aromatic rings. The van der Waals surface area contributed by atoms with Crippen molar-refractivity contribution in [2.24, 2.45) is 5.73 Å². The molecule has 2 N–H and O–H groups in total. The number of nitrogens with two attached hydrogens (primary N) is 1. The van der Waals surface area contributed by atoms with E-state index < -0.39 is 0 Å². The Hall–Kier alpha value is -2.40. The molecule has 0 radical (unpaired) electrons. The first-order valence-electron chi connectivity index (χ1n) is 7.68. The summed E-state index contributed by atoms with van der Waals surface area (Å²) in [6.07, 6.45) is 0.892. The van der Waals surface area contributed by atoms with E-state index in [9.17, 15) is 9.18 Å². The number of hydrogen-bond donors (Lipinski definition) is 1. The van der Waals surface area contributed by atoms with E-state index >= 15 is 0 Å². The first-order valence-corrected chi connectivity index (χ1v) is 7.68. The predicted octanol–water partition coefficient (Wildman–Crippen LogP) is 3.03. The average Bonchev–Trinajstić information content (AvgIpc) is 2.77. The Bertz CT molecular complexity index is 691. The Balaban J connectivity index is 1.79. The minimum Gasteiger partial charge on any atom is -0.491 e. The van der Waals surface area contributed by atoms with Gasteiger partial charge in [0.15, 0.2) is 0 Å². The van der Waals surface area contributed by atoms with Crippen LogP contribution in [0.15, 0.2) is 48.5 Å². The lowest BCUT2D eigenvalue weighted by Crippen LogP contribution is -2.33. The van der Waals surface area contributed by atoms with Gasteiger partial charge >= 0.3 is 0 Å². The molecule has 0 saturated carbocycles. The Labute approximate surface area is 134 Å². The number of amides is 1. The number of carbonyl (C=O) groups excluding carboxylic acids is 1. The summed E-state index contributed by atoms with van der Waals surface area (Å²) < 4.78 is 18.9. The molecule has 1 amide bonds. The lowest BCUT2D eigenvalue weighted by atomic mass is 10.0. The highest BCUT2D eigenvalue weighted by Gasteiger charge is 2.24. The van der Waals surface area contributed by atoms with Crippen LogP contribution in [0.1, 0.15) is 24.4 Å². The maximum absolute atomic E-state index is 13.4. The van der Waals surface area contributed by atoms with E-state index in [-0.39, 0.29) is 24.2 Å². The normalized spacial score (nSPS) is 15.3. The molecule has 0 fully saturated rings. The van der Waals surface area contributed by atoms with Gasteiger partial charge < -0.3 is 15.4 Å². The minimum absolute atomic E-state index is 0.0836. The summed E-state index contributed by atoms with van der Waals surface area (Å²) in [6, 6.07) is 13.4. The number of nitrogens with zero attached hydrogens (tertiary/aromatic N) is 1. The number of fused-ring (bicyclic) bond motifs is 1. The summed E-state index contributed by atoms with van der Waals surface area (Å²) in [5, 5.41) is 0. The summed E-state index contributed by atoms with van der Waals surface area (Å²) in [5.41, 5.74) is 7.68. The van der Waals surface area contributed by atoms with Gasteiger partial charge in [-0.05, 0) is 24.1 Å². The number of carbonyl (C=O) groups is 1. The van der Waals surface area contributed by atoms with Crippen LogP contribution in [0.2, 0.25) is 0 Å². The summed E-state index contributed by atoms with van der Waals surface area (Å²) in [4.78, 5) is 14.3. The molecule has 0 bridgehead atoms. The molecule has 0 spiro atoms. The first kappa shape index (κ1) is 15.5. The highest BCUT2D eigenvalue weighted by atomic mass is 19.1. The molecule has 1 aliphatic heterocycles. The van der Waals surface area contributed by atoms with Crippen LogP contribution in [-0.4, -0.2) is 19.1 Å². The molecule has 4 nitrogen and oxygen atoms in total. The highest BCUT2D eigenvalue weighted by Crippen LogP contribution is 2.32. The van der Waals surface area contributed by atoms with Crippen LogP contribution in [0, 0.1) is 5.82 Å². The van der Waals surface area contributed by atoms with Gasteiger partial charge in [-0.15, -0.1) is 0 Å². The number of hydrogen-bond acceptors (Lipinski definition) is 3. The molecule has 120 valence electrons. The van der Waals surface area contributed by atoms with Gasteiger partial charge in [-0.1, -0.05) is 30.3 Å². The van der Waals surface area contributed by atoms with Crippen LogP contribution in [0.25, 0.3) is 0 Å². The smallest absolute Gasteiger partial charge is 0.229 e. The van der Waals surface area contributed by atoms with Crippen molar-refractivity contribution >= 4 is 11.6 Å². The van der Waals surface area contributed by atoms with E-state index in [1.807, 2.05) is 30.3 Å². The van der Waals surface area contributed by atoms with Gasteiger partial charge in [0, 0.05) is 25.1 Å². The molecule has 1 heterocycles. The second kappa shape index (κ2) is 6.79. The van der Waals surface area contributed by atoms with Gasteiger partial charge in [0.2, 0.25) is 5.91 Å². The predicted molar refractivity (Wildman–Crippen MR) is 86.9 cm³/mol. The Morgan fingerprint density at radius 1 is 1.26 bits per heavy atom.